The van der Waals surface area contributed by atoms with Crippen molar-refractivity contribution in [2.24, 2.45) is 0 Å². The van der Waals surface area contributed by atoms with Crippen LogP contribution in [0.1, 0.15) is 31.0 Å². The molecule has 0 aliphatic carbocycles. The summed E-state index contributed by atoms with van der Waals surface area (Å²) in [7, 11) is 1.63. The van der Waals surface area contributed by atoms with E-state index < -0.39 is 0 Å². The van der Waals surface area contributed by atoms with Gasteiger partial charge in [-0.2, -0.15) is 0 Å². The van der Waals surface area contributed by atoms with Gasteiger partial charge in [-0.15, -0.1) is 0 Å². The quantitative estimate of drug-likeness (QED) is 0.760. The second-order valence-electron chi connectivity index (χ2n) is 3.98. The van der Waals surface area contributed by atoms with Gasteiger partial charge >= 0.3 is 5.95 Å². The Hall–Kier alpha value is -1.03. The van der Waals surface area contributed by atoms with Crippen LogP contribution in [0.2, 0.25) is 0 Å². The molecule has 84 valence electrons. The van der Waals surface area contributed by atoms with E-state index in [4.69, 9.17) is 9.26 Å². The van der Waals surface area contributed by atoms with Gasteiger partial charge in [-0.3, -0.25) is 4.90 Å². The number of fused-ring (bicyclic) bond motifs is 1. The number of rotatable bonds is 4. The van der Waals surface area contributed by atoms with Crippen molar-refractivity contribution in [3.63, 3.8) is 0 Å². The molecule has 0 amide bonds. The summed E-state index contributed by atoms with van der Waals surface area (Å²) in [6.07, 6.45) is 3.47. The zero-order valence-corrected chi connectivity index (χ0v) is 9.45. The van der Waals surface area contributed by atoms with Gasteiger partial charge in [0.1, 0.15) is 0 Å². The highest BCUT2D eigenvalue weighted by molar-refractivity contribution is 5.29. The number of hydrogen-bond donors (Lipinski definition) is 0. The Labute approximate surface area is 90.2 Å². The molecule has 4 heteroatoms. The highest BCUT2D eigenvalue weighted by Gasteiger charge is 2.23. The molecule has 0 unspecified atom stereocenters. The SMILES string of the molecule is CCCCN1CCc2noc(OC)c2C1. The maximum atomic E-state index is 5.15. The summed E-state index contributed by atoms with van der Waals surface area (Å²) in [5, 5.41) is 4.02. The zero-order chi connectivity index (χ0) is 10.7. The Morgan fingerprint density at radius 2 is 2.40 bits per heavy atom. The molecule has 0 spiro atoms. The lowest BCUT2D eigenvalue weighted by Crippen LogP contribution is -2.31. The molecule has 1 aromatic rings. The smallest absolute Gasteiger partial charge is 0.315 e. The monoisotopic (exact) mass is 210 g/mol. The Bertz CT molecular complexity index is 309. The van der Waals surface area contributed by atoms with E-state index in [1.165, 1.54) is 12.8 Å². The van der Waals surface area contributed by atoms with Crippen LogP contribution in [-0.2, 0) is 13.0 Å². The van der Waals surface area contributed by atoms with Crippen molar-refractivity contribution in [1.29, 1.82) is 0 Å². The standard InChI is InChI=1S/C11H18N2O2/c1-3-4-6-13-7-5-10-9(8-13)11(14-2)15-12-10/h3-8H2,1-2H3. The van der Waals surface area contributed by atoms with Gasteiger partial charge in [0, 0.05) is 19.5 Å². The largest absolute Gasteiger partial charge is 0.467 e. The van der Waals surface area contributed by atoms with E-state index in [0.717, 1.165) is 37.3 Å². The molecule has 15 heavy (non-hydrogen) atoms. The van der Waals surface area contributed by atoms with Gasteiger partial charge in [0.2, 0.25) is 0 Å². The highest BCUT2D eigenvalue weighted by atomic mass is 16.6. The summed E-state index contributed by atoms with van der Waals surface area (Å²) in [5.74, 6) is 0.589. The van der Waals surface area contributed by atoms with Crippen molar-refractivity contribution in [2.45, 2.75) is 32.7 Å². The van der Waals surface area contributed by atoms with Crippen LogP contribution in [0, 0.1) is 0 Å². The first-order valence-corrected chi connectivity index (χ1v) is 5.59. The Morgan fingerprint density at radius 3 is 3.13 bits per heavy atom. The van der Waals surface area contributed by atoms with E-state index >= 15 is 0 Å². The lowest BCUT2D eigenvalue weighted by Gasteiger charge is -2.25. The molecule has 1 aliphatic heterocycles. The zero-order valence-electron chi connectivity index (χ0n) is 9.45. The molecule has 4 nitrogen and oxygen atoms in total. The maximum absolute atomic E-state index is 5.15. The predicted octanol–water partition coefficient (Wildman–Crippen LogP) is 1.84. The predicted molar refractivity (Wildman–Crippen MR) is 56.9 cm³/mol. The molecule has 1 aromatic heterocycles. The minimum absolute atomic E-state index is 0.589. The molecule has 1 aliphatic rings. The molecule has 0 aromatic carbocycles. The lowest BCUT2D eigenvalue weighted by molar-refractivity contribution is 0.237. The summed E-state index contributed by atoms with van der Waals surface area (Å²) < 4.78 is 10.3. The highest BCUT2D eigenvalue weighted by Crippen LogP contribution is 2.27. The summed E-state index contributed by atoms with van der Waals surface area (Å²) in [5.41, 5.74) is 2.21. The van der Waals surface area contributed by atoms with Gasteiger partial charge in [-0.05, 0) is 13.0 Å². The van der Waals surface area contributed by atoms with E-state index in [2.05, 4.69) is 17.0 Å². The van der Waals surface area contributed by atoms with Crippen LogP contribution < -0.4 is 4.74 Å². The van der Waals surface area contributed by atoms with Crippen LogP contribution in [-0.4, -0.2) is 30.3 Å². The molecular weight excluding hydrogens is 192 g/mol. The summed E-state index contributed by atoms with van der Waals surface area (Å²) in [4.78, 5) is 2.44. The van der Waals surface area contributed by atoms with E-state index in [9.17, 15) is 0 Å². The van der Waals surface area contributed by atoms with Crippen molar-refractivity contribution in [3.8, 4) is 5.95 Å². The van der Waals surface area contributed by atoms with Gasteiger partial charge in [-0.25, -0.2) is 0 Å². The fraction of sp³-hybridized carbons (Fsp3) is 0.727. The Kier molecular flexibility index (Phi) is 3.26. The molecule has 0 fully saturated rings. The second-order valence-corrected chi connectivity index (χ2v) is 3.98. The third-order valence-corrected chi connectivity index (χ3v) is 2.89. The van der Waals surface area contributed by atoms with Crippen molar-refractivity contribution >= 4 is 0 Å². The van der Waals surface area contributed by atoms with Crippen LogP contribution in [0.15, 0.2) is 4.52 Å². The minimum Gasteiger partial charge on any atom is -0.467 e. The molecular formula is C11H18N2O2. The average molecular weight is 210 g/mol. The number of hydrogen-bond acceptors (Lipinski definition) is 4. The van der Waals surface area contributed by atoms with Gasteiger partial charge < -0.3 is 9.26 Å². The van der Waals surface area contributed by atoms with Gasteiger partial charge in [0.05, 0.1) is 18.4 Å². The molecule has 2 heterocycles. The Balaban J connectivity index is 2.04. The Morgan fingerprint density at radius 1 is 1.53 bits per heavy atom. The first-order valence-electron chi connectivity index (χ1n) is 5.59. The normalized spacial score (nSPS) is 16.4. The minimum atomic E-state index is 0.589. The molecule has 0 saturated carbocycles. The molecule has 0 radical (unpaired) electrons. The van der Waals surface area contributed by atoms with Crippen LogP contribution in [0.25, 0.3) is 0 Å². The van der Waals surface area contributed by atoms with E-state index in [-0.39, 0.29) is 0 Å². The number of methoxy groups -OCH3 is 1. The molecule has 0 atom stereocenters. The van der Waals surface area contributed by atoms with Crippen molar-refractivity contribution < 1.29 is 9.26 Å². The number of unbranched alkanes of at least 4 members (excludes halogenated alkanes) is 1. The first-order chi connectivity index (χ1) is 7.35. The fourth-order valence-electron chi connectivity index (χ4n) is 1.98. The number of ether oxygens (including phenoxy) is 1. The van der Waals surface area contributed by atoms with Crippen molar-refractivity contribution in [3.05, 3.63) is 11.3 Å². The average Bonchev–Trinajstić information content (AvgIpc) is 2.68. The van der Waals surface area contributed by atoms with E-state index in [0.29, 0.717) is 5.95 Å². The summed E-state index contributed by atoms with van der Waals surface area (Å²) in [6.45, 7) is 5.38. The van der Waals surface area contributed by atoms with E-state index in [1.54, 1.807) is 7.11 Å². The van der Waals surface area contributed by atoms with Gasteiger partial charge in [0.15, 0.2) is 0 Å². The van der Waals surface area contributed by atoms with Crippen LogP contribution in [0.5, 0.6) is 5.95 Å². The third-order valence-electron chi connectivity index (χ3n) is 2.89. The van der Waals surface area contributed by atoms with Crippen LogP contribution in [0.3, 0.4) is 0 Å². The molecule has 2 rings (SSSR count). The third kappa shape index (κ3) is 2.15. The first kappa shape index (κ1) is 10.5. The van der Waals surface area contributed by atoms with Crippen LogP contribution >= 0.6 is 0 Å². The van der Waals surface area contributed by atoms with Gasteiger partial charge in [0.25, 0.3) is 0 Å². The van der Waals surface area contributed by atoms with Gasteiger partial charge in [-0.1, -0.05) is 18.5 Å². The van der Waals surface area contributed by atoms with Crippen LogP contribution in [0.4, 0.5) is 0 Å². The van der Waals surface area contributed by atoms with Crippen molar-refractivity contribution in [2.75, 3.05) is 20.2 Å². The molecule has 0 N–H and O–H groups in total. The lowest BCUT2D eigenvalue weighted by atomic mass is 10.1. The molecule has 0 saturated heterocycles. The maximum Gasteiger partial charge on any atom is 0.315 e. The van der Waals surface area contributed by atoms with Crippen molar-refractivity contribution in [1.82, 2.24) is 10.1 Å². The van der Waals surface area contributed by atoms with E-state index in [1.807, 2.05) is 0 Å². The fourth-order valence-corrected chi connectivity index (χ4v) is 1.98. The number of aromatic nitrogens is 1. The summed E-state index contributed by atoms with van der Waals surface area (Å²) >= 11 is 0. The number of nitrogens with zero attached hydrogens (tertiary/aromatic N) is 2. The summed E-state index contributed by atoms with van der Waals surface area (Å²) in [6, 6.07) is 0. The molecule has 0 bridgehead atoms. The second kappa shape index (κ2) is 4.66. The topological polar surface area (TPSA) is 38.5 Å².